The molecule has 58 valence electrons. The molecule has 0 saturated carbocycles. The van der Waals surface area contributed by atoms with E-state index in [-0.39, 0.29) is 6.10 Å². The van der Waals surface area contributed by atoms with Gasteiger partial charge in [0.1, 0.15) is 6.10 Å². The molecule has 3 atom stereocenters. The molecule has 2 unspecified atom stereocenters. The molecule has 0 aromatic heterocycles. The van der Waals surface area contributed by atoms with Gasteiger partial charge in [-0.3, -0.25) is 0 Å². The number of epoxide rings is 1. The molecular weight excluding hydrogens is 130 g/mol. The van der Waals surface area contributed by atoms with Gasteiger partial charge in [-0.15, -0.1) is 0 Å². The standard InChI is InChI=1S/C7H13NO2/c1-8-4-2-3-5(8)6-7(9)10-6/h5-7,9H,2-4H2,1H3/t5-,6?,7?/m1/s1. The van der Waals surface area contributed by atoms with Crippen LogP contribution >= 0.6 is 0 Å². The van der Waals surface area contributed by atoms with Crippen LogP contribution in [0.4, 0.5) is 0 Å². The van der Waals surface area contributed by atoms with Crippen molar-refractivity contribution in [2.45, 2.75) is 31.3 Å². The molecule has 0 radical (unpaired) electrons. The van der Waals surface area contributed by atoms with Gasteiger partial charge in [0.25, 0.3) is 0 Å². The van der Waals surface area contributed by atoms with E-state index in [4.69, 9.17) is 9.84 Å². The van der Waals surface area contributed by atoms with Gasteiger partial charge in [-0.25, -0.2) is 0 Å². The number of likely N-dealkylation sites (N-methyl/N-ethyl adjacent to an activating group) is 1. The smallest absolute Gasteiger partial charge is 0.183 e. The molecule has 2 heterocycles. The van der Waals surface area contributed by atoms with Crippen LogP contribution in [0.1, 0.15) is 12.8 Å². The van der Waals surface area contributed by atoms with Crippen LogP contribution in [0.5, 0.6) is 0 Å². The highest BCUT2D eigenvalue weighted by Crippen LogP contribution is 2.31. The van der Waals surface area contributed by atoms with Crippen molar-refractivity contribution < 1.29 is 9.84 Å². The highest BCUT2D eigenvalue weighted by molar-refractivity contribution is 4.92. The lowest BCUT2D eigenvalue weighted by Crippen LogP contribution is -2.30. The van der Waals surface area contributed by atoms with Gasteiger partial charge in [0.05, 0.1) is 0 Å². The maximum atomic E-state index is 8.96. The van der Waals surface area contributed by atoms with Crippen LogP contribution in [-0.4, -0.2) is 42.0 Å². The first kappa shape index (κ1) is 6.58. The Labute approximate surface area is 60.6 Å². The minimum absolute atomic E-state index is 0.118. The fourth-order valence-electron chi connectivity index (χ4n) is 1.75. The van der Waals surface area contributed by atoms with E-state index in [1.807, 2.05) is 0 Å². The van der Waals surface area contributed by atoms with Crippen LogP contribution in [0.15, 0.2) is 0 Å². The van der Waals surface area contributed by atoms with E-state index >= 15 is 0 Å². The first-order chi connectivity index (χ1) is 4.79. The zero-order valence-corrected chi connectivity index (χ0v) is 6.16. The van der Waals surface area contributed by atoms with E-state index in [9.17, 15) is 0 Å². The summed E-state index contributed by atoms with van der Waals surface area (Å²) in [5.41, 5.74) is 0. The summed E-state index contributed by atoms with van der Waals surface area (Å²) in [7, 11) is 2.09. The van der Waals surface area contributed by atoms with E-state index in [2.05, 4.69) is 11.9 Å². The fraction of sp³-hybridized carbons (Fsp3) is 1.00. The van der Waals surface area contributed by atoms with Gasteiger partial charge in [-0.05, 0) is 26.4 Å². The molecule has 0 spiro atoms. The van der Waals surface area contributed by atoms with Crippen molar-refractivity contribution in [3.8, 4) is 0 Å². The van der Waals surface area contributed by atoms with Crippen molar-refractivity contribution >= 4 is 0 Å². The molecule has 2 aliphatic rings. The molecule has 0 aromatic rings. The average molecular weight is 143 g/mol. The van der Waals surface area contributed by atoms with Crippen molar-refractivity contribution in [2.75, 3.05) is 13.6 Å². The second-order valence-corrected chi connectivity index (χ2v) is 3.18. The zero-order chi connectivity index (χ0) is 7.14. The van der Waals surface area contributed by atoms with Crippen LogP contribution in [0.2, 0.25) is 0 Å². The Balaban J connectivity index is 1.92. The lowest BCUT2D eigenvalue weighted by Gasteiger charge is -2.15. The molecule has 0 aliphatic carbocycles. The molecule has 2 fully saturated rings. The number of ether oxygens (including phenoxy) is 1. The molecule has 3 heteroatoms. The number of nitrogens with zero attached hydrogens (tertiary/aromatic N) is 1. The van der Waals surface area contributed by atoms with E-state index in [0.29, 0.717) is 6.04 Å². The Hall–Kier alpha value is -0.120. The SMILES string of the molecule is CN1CCC[C@@H]1C1OC1O. The van der Waals surface area contributed by atoms with Gasteiger partial charge >= 0.3 is 0 Å². The minimum Gasteiger partial charge on any atom is -0.366 e. The maximum absolute atomic E-state index is 8.96. The van der Waals surface area contributed by atoms with Crippen LogP contribution in [-0.2, 0) is 4.74 Å². The van der Waals surface area contributed by atoms with E-state index in [1.54, 1.807) is 0 Å². The Morgan fingerprint density at radius 2 is 2.30 bits per heavy atom. The largest absolute Gasteiger partial charge is 0.366 e. The second kappa shape index (κ2) is 2.19. The van der Waals surface area contributed by atoms with Crippen molar-refractivity contribution in [3.05, 3.63) is 0 Å². The number of hydrogen-bond acceptors (Lipinski definition) is 3. The number of likely N-dealkylation sites (tertiary alicyclic amines) is 1. The molecule has 0 bridgehead atoms. The monoisotopic (exact) mass is 143 g/mol. The summed E-state index contributed by atoms with van der Waals surface area (Å²) in [6, 6.07) is 0.481. The molecular formula is C7H13NO2. The summed E-state index contributed by atoms with van der Waals surface area (Å²) < 4.78 is 4.99. The van der Waals surface area contributed by atoms with E-state index in [1.165, 1.54) is 12.8 Å². The summed E-state index contributed by atoms with van der Waals surface area (Å²) >= 11 is 0. The summed E-state index contributed by atoms with van der Waals surface area (Å²) in [5.74, 6) is 0. The van der Waals surface area contributed by atoms with Gasteiger partial charge in [0.2, 0.25) is 0 Å². The lowest BCUT2D eigenvalue weighted by molar-refractivity contribution is 0.155. The van der Waals surface area contributed by atoms with Crippen LogP contribution < -0.4 is 0 Å². The number of aliphatic hydroxyl groups excluding tert-OH is 1. The average Bonchev–Trinajstić information content (AvgIpc) is 2.42. The molecule has 10 heavy (non-hydrogen) atoms. The lowest BCUT2D eigenvalue weighted by atomic mass is 10.1. The molecule has 0 aromatic carbocycles. The van der Waals surface area contributed by atoms with E-state index in [0.717, 1.165) is 6.54 Å². The van der Waals surface area contributed by atoms with Crippen molar-refractivity contribution in [1.82, 2.24) is 4.90 Å². The van der Waals surface area contributed by atoms with Crippen LogP contribution in [0.3, 0.4) is 0 Å². The predicted octanol–water partition coefficient (Wildman–Crippen LogP) is -0.202. The third kappa shape index (κ3) is 0.944. The van der Waals surface area contributed by atoms with Crippen molar-refractivity contribution in [3.63, 3.8) is 0 Å². The summed E-state index contributed by atoms with van der Waals surface area (Å²) in [5, 5.41) is 8.96. The van der Waals surface area contributed by atoms with Crippen molar-refractivity contribution in [1.29, 1.82) is 0 Å². The van der Waals surface area contributed by atoms with Gasteiger partial charge in [-0.2, -0.15) is 0 Å². The molecule has 2 aliphatic heterocycles. The van der Waals surface area contributed by atoms with E-state index < -0.39 is 6.29 Å². The third-order valence-corrected chi connectivity index (χ3v) is 2.46. The molecule has 1 N–H and O–H groups in total. The summed E-state index contributed by atoms with van der Waals surface area (Å²) in [6.07, 6.45) is 2.07. The summed E-state index contributed by atoms with van der Waals surface area (Å²) in [4.78, 5) is 2.26. The Bertz CT molecular complexity index is 140. The number of aliphatic hydroxyl groups is 1. The normalized spacial score (nSPS) is 48.0. The molecule has 3 nitrogen and oxygen atoms in total. The van der Waals surface area contributed by atoms with Crippen LogP contribution in [0.25, 0.3) is 0 Å². The first-order valence-electron chi connectivity index (χ1n) is 3.83. The van der Waals surface area contributed by atoms with Gasteiger partial charge in [-0.1, -0.05) is 0 Å². The number of hydrogen-bond donors (Lipinski definition) is 1. The molecule has 2 rings (SSSR count). The third-order valence-electron chi connectivity index (χ3n) is 2.46. The quantitative estimate of drug-likeness (QED) is 0.516. The van der Waals surface area contributed by atoms with Gasteiger partial charge in [0, 0.05) is 6.04 Å². The van der Waals surface area contributed by atoms with Gasteiger partial charge < -0.3 is 14.7 Å². The molecule has 0 amide bonds. The maximum Gasteiger partial charge on any atom is 0.183 e. The topological polar surface area (TPSA) is 36.0 Å². The van der Waals surface area contributed by atoms with Gasteiger partial charge in [0.15, 0.2) is 6.29 Å². The Morgan fingerprint density at radius 1 is 1.60 bits per heavy atom. The van der Waals surface area contributed by atoms with Crippen molar-refractivity contribution in [2.24, 2.45) is 0 Å². The van der Waals surface area contributed by atoms with Crippen LogP contribution in [0, 0.1) is 0 Å². The molecule has 2 saturated heterocycles. The summed E-state index contributed by atoms with van der Waals surface area (Å²) in [6.45, 7) is 1.15. The minimum atomic E-state index is -0.467. The highest BCUT2D eigenvalue weighted by atomic mass is 16.7. The highest BCUT2D eigenvalue weighted by Gasteiger charge is 2.46. The fourth-order valence-corrected chi connectivity index (χ4v) is 1.75. The predicted molar refractivity (Wildman–Crippen MR) is 36.5 cm³/mol. The first-order valence-corrected chi connectivity index (χ1v) is 3.83. The Kier molecular flexibility index (Phi) is 1.44. The Morgan fingerprint density at radius 3 is 2.70 bits per heavy atom. The second-order valence-electron chi connectivity index (χ2n) is 3.18. The number of rotatable bonds is 1. The zero-order valence-electron chi connectivity index (χ0n) is 6.16.